The van der Waals surface area contributed by atoms with E-state index < -0.39 is 165 Å². The molecule has 8 amide bonds. The Balaban J connectivity index is 1.38. The number of amides is 8. The lowest BCUT2D eigenvalue weighted by atomic mass is 9.98. The van der Waals surface area contributed by atoms with Crippen LogP contribution in [0.25, 0.3) is 0 Å². The molecular formula is C52H68N8O17. The van der Waals surface area contributed by atoms with E-state index in [0.717, 1.165) is 22.3 Å². The average Bonchev–Trinajstić information content (AvgIpc) is 3.95. The van der Waals surface area contributed by atoms with Gasteiger partial charge in [-0.25, -0.2) is 4.79 Å². The van der Waals surface area contributed by atoms with E-state index in [1.165, 1.54) is 13.0 Å². The van der Waals surface area contributed by atoms with Gasteiger partial charge in [-0.15, -0.1) is 0 Å². The molecule has 1 unspecified atom stereocenters. The number of β-amino-alcohol motifs (C(OH)–C–C–N with tert-alkyl or cyclic N) is 1. The number of hydrogen-bond donors (Lipinski definition) is 12. The number of alkyl carbamates (subject to hydrolysis) is 1. The zero-order valence-corrected chi connectivity index (χ0v) is 42.7. The largest absolute Gasteiger partial charge is 0.490 e. The van der Waals surface area contributed by atoms with Crippen molar-refractivity contribution >= 4 is 47.4 Å². The molecule has 0 saturated carbocycles. The third-order valence-corrected chi connectivity index (χ3v) is 13.3. The molecule has 3 heterocycles. The number of hydrogen-bond acceptors (Lipinski definition) is 17. The number of carbonyl (C=O) groups excluding carboxylic acids is 8. The van der Waals surface area contributed by atoms with Crippen LogP contribution >= 0.6 is 0 Å². The highest BCUT2D eigenvalue weighted by molar-refractivity contribution is 5.98. The number of nitrogens with two attached hydrogens (primary N) is 1. The molecule has 0 radical (unpaired) electrons. The molecule has 0 aliphatic carbocycles. The van der Waals surface area contributed by atoms with Gasteiger partial charge in [-0.1, -0.05) is 73.7 Å². The normalized spacial score (nSPS) is 27.0. The fourth-order valence-electron chi connectivity index (χ4n) is 9.31. The smallest absolute Gasteiger partial charge is 0.408 e. The molecule has 3 aromatic rings. The van der Waals surface area contributed by atoms with Gasteiger partial charge in [0.1, 0.15) is 49.5 Å². The second-order valence-electron chi connectivity index (χ2n) is 19.4. The van der Waals surface area contributed by atoms with Crippen LogP contribution in [0, 0.1) is 5.92 Å². The summed E-state index contributed by atoms with van der Waals surface area (Å²) < 4.78 is 17.2. The number of carbonyl (C=O) groups is 8. The van der Waals surface area contributed by atoms with Gasteiger partial charge in [0.2, 0.25) is 41.4 Å². The fraction of sp³-hybridized carbons (Fsp3) is 0.500. The van der Waals surface area contributed by atoms with Crippen molar-refractivity contribution in [3.63, 3.8) is 0 Å². The van der Waals surface area contributed by atoms with Gasteiger partial charge in [0.15, 0.2) is 11.5 Å². The Kier molecular flexibility index (Phi) is 20.7. The summed E-state index contributed by atoms with van der Waals surface area (Å²) >= 11 is 0. The van der Waals surface area contributed by atoms with E-state index in [4.69, 9.17) is 19.9 Å². The molecule has 13 N–H and O–H groups in total. The Morgan fingerprint density at radius 3 is 1.96 bits per heavy atom. The predicted octanol–water partition coefficient (Wildman–Crippen LogP) is -3.02. The van der Waals surface area contributed by atoms with E-state index in [0.29, 0.717) is 16.9 Å². The standard InChI is InChI=1S/C52H68N8O17/c1-4-75-39-18-31(15-16-38(39)76-25-29-11-7-5-8-12-29)17-36(64)42-48(70)58-43(37(65)21-40(53)66)51(73)60-23-27(2)45(67)44(60)49(71)54-22-32(62)19-34(55-52(74)77-26-30-13-9-6-10-14-30)46(68)56-41(28(3)61)50(72)59-24-33(63)20-35(59)47(69)57-42/h5-16,18,27-28,32-37,41-45,61-65,67H,4,17,19-26H2,1-3H3,(H2,53,66)(H,54,71)(H,55,74)(H,56,68)(H,57,69)(H,58,70)/t27-,28+,32+,33+,34?,35-,36+,37+,41-,42-,43-,44-,45-/m0/s1. The monoisotopic (exact) mass is 1080 g/mol. The first-order valence-electron chi connectivity index (χ1n) is 25.2. The van der Waals surface area contributed by atoms with E-state index in [9.17, 15) is 69.0 Å². The molecule has 3 aliphatic rings. The number of fused-ring (bicyclic) bond motifs is 2. The van der Waals surface area contributed by atoms with E-state index in [1.54, 1.807) is 49.4 Å². The minimum atomic E-state index is -2.15. The number of aliphatic hydroxyl groups excluding tert-OH is 6. The summed E-state index contributed by atoms with van der Waals surface area (Å²) in [7, 11) is 0. The Hall–Kier alpha value is -7.42. The van der Waals surface area contributed by atoms with Crippen LogP contribution in [-0.4, -0.2) is 187 Å². The van der Waals surface area contributed by atoms with Gasteiger partial charge >= 0.3 is 6.09 Å². The van der Waals surface area contributed by atoms with Gasteiger partial charge in [0, 0.05) is 44.8 Å². The number of nitrogens with zero attached hydrogens (tertiary/aromatic N) is 2. The van der Waals surface area contributed by atoms with Crippen molar-refractivity contribution in [3.05, 3.63) is 95.6 Å². The van der Waals surface area contributed by atoms with Crippen LogP contribution < -0.4 is 41.8 Å². The molecule has 0 spiro atoms. The van der Waals surface area contributed by atoms with Gasteiger partial charge in [-0.2, -0.15) is 0 Å². The minimum Gasteiger partial charge on any atom is -0.490 e. The molecule has 0 aromatic heterocycles. The first-order valence-corrected chi connectivity index (χ1v) is 25.2. The molecule has 3 saturated heterocycles. The second-order valence-corrected chi connectivity index (χ2v) is 19.4. The summed E-state index contributed by atoms with van der Waals surface area (Å²) in [4.78, 5) is 113. The van der Waals surface area contributed by atoms with Gasteiger partial charge in [-0.05, 0) is 42.7 Å². The molecule has 3 aliphatic heterocycles. The molecule has 0 bridgehead atoms. The van der Waals surface area contributed by atoms with Crippen LogP contribution in [0.5, 0.6) is 11.5 Å². The maximum Gasteiger partial charge on any atom is 0.408 e. The quantitative estimate of drug-likeness (QED) is 0.0721. The lowest BCUT2D eigenvalue weighted by Crippen LogP contribution is -2.64. The molecule has 3 fully saturated rings. The van der Waals surface area contributed by atoms with Crippen molar-refractivity contribution in [2.24, 2.45) is 11.7 Å². The SMILES string of the molecule is CCOc1cc(C[C@@H](O)[C@@H]2NC(=O)[C@@H]3C[C@@H](O)CN3C(=O)[C@H]([C@@H](C)O)NC(=O)C(NC(=O)OCc3ccccc3)C[C@@H](O)CNC(=O)[C@@H]3[C@@H](O)[C@@H](C)CN3C(=O)[C@H]([C@H](O)CC(N)=O)NC2=O)ccc1OCc1ccccc1. The highest BCUT2D eigenvalue weighted by Gasteiger charge is 2.50. The first kappa shape index (κ1) is 58.8. The van der Waals surface area contributed by atoms with Crippen molar-refractivity contribution in [2.75, 3.05) is 26.2 Å². The van der Waals surface area contributed by atoms with Crippen molar-refractivity contribution in [1.82, 2.24) is 36.4 Å². The van der Waals surface area contributed by atoms with Crippen LogP contribution in [0.4, 0.5) is 4.79 Å². The summed E-state index contributed by atoms with van der Waals surface area (Å²) in [5.41, 5.74) is 7.19. The molecule has 3 aromatic carbocycles. The van der Waals surface area contributed by atoms with E-state index in [2.05, 4.69) is 26.6 Å². The minimum absolute atomic E-state index is 0.173. The van der Waals surface area contributed by atoms with Gasteiger partial charge < -0.3 is 87.0 Å². The van der Waals surface area contributed by atoms with Crippen molar-refractivity contribution < 1.29 is 83.2 Å². The maximum absolute atomic E-state index is 14.7. The summed E-state index contributed by atoms with van der Waals surface area (Å²) in [5.74, 6) is -8.42. The van der Waals surface area contributed by atoms with Gasteiger partial charge in [-0.3, -0.25) is 33.6 Å². The Morgan fingerprint density at radius 1 is 0.701 bits per heavy atom. The second kappa shape index (κ2) is 27.1. The summed E-state index contributed by atoms with van der Waals surface area (Å²) in [6.45, 7) is 2.89. The summed E-state index contributed by atoms with van der Waals surface area (Å²) in [5, 5.41) is 79.7. The maximum atomic E-state index is 14.7. The third-order valence-electron chi connectivity index (χ3n) is 13.3. The molecule has 418 valence electrons. The summed E-state index contributed by atoms with van der Waals surface area (Å²) in [6.07, 6.45) is -14.1. The third kappa shape index (κ3) is 15.6. The number of rotatable bonds is 15. The lowest BCUT2D eigenvalue weighted by molar-refractivity contribution is -0.147. The van der Waals surface area contributed by atoms with Crippen molar-refractivity contribution in [1.29, 1.82) is 0 Å². The highest BCUT2D eigenvalue weighted by Crippen LogP contribution is 2.31. The fourth-order valence-corrected chi connectivity index (χ4v) is 9.31. The molecule has 25 nitrogen and oxygen atoms in total. The molecule has 77 heavy (non-hydrogen) atoms. The number of primary amides is 1. The topological polar surface area (TPSA) is 378 Å². The van der Waals surface area contributed by atoms with Crippen molar-refractivity contribution in [2.45, 2.75) is 133 Å². The van der Waals surface area contributed by atoms with Gasteiger partial charge in [0.05, 0.1) is 49.7 Å². The first-order chi connectivity index (χ1) is 36.6. The zero-order chi connectivity index (χ0) is 56.1. The average molecular weight is 1080 g/mol. The van der Waals surface area contributed by atoms with Crippen LogP contribution in [0.3, 0.4) is 0 Å². The number of nitrogens with one attached hydrogen (secondary N) is 5. The van der Waals surface area contributed by atoms with E-state index >= 15 is 0 Å². The molecule has 13 atom stereocenters. The number of aliphatic hydroxyl groups is 6. The summed E-state index contributed by atoms with van der Waals surface area (Å²) in [6, 6.07) is 11.1. The van der Waals surface area contributed by atoms with Crippen molar-refractivity contribution in [3.8, 4) is 11.5 Å². The Bertz CT molecular complexity index is 2560. The van der Waals surface area contributed by atoms with E-state index in [-0.39, 0.29) is 32.1 Å². The molecule has 25 heteroatoms. The number of benzene rings is 3. The molecular weight excluding hydrogens is 1010 g/mol. The highest BCUT2D eigenvalue weighted by atomic mass is 16.5. The van der Waals surface area contributed by atoms with Crippen LogP contribution in [-0.2, 0) is 57.9 Å². The van der Waals surface area contributed by atoms with Crippen LogP contribution in [0.2, 0.25) is 0 Å². The van der Waals surface area contributed by atoms with E-state index in [1.807, 2.05) is 30.3 Å². The van der Waals surface area contributed by atoms with Crippen LogP contribution in [0.1, 0.15) is 56.7 Å². The molecule has 6 rings (SSSR count). The Morgan fingerprint density at radius 2 is 1.32 bits per heavy atom. The zero-order valence-electron chi connectivity index (χ0n) is 42.7. The lowest BCUT2D eigenvalue weighted by Gasteiger charge is -2.33. The van der Waals surface area contributed by atoms with Crippen LogP contribution in [0.15, 0.2) is 78.9 Å². The van der Waals surface area contributed by atoms with Gasteiger partial charge in [0.25, 0.3) is 0 Å². The predicted molar refractivity (Wildman–Crippen MR) is 269 cm³/mol. The Labute approximate surface area is 443 Å². The number of ether oxygens (including phenoxy) is 3.